The number of amides is 1. The summed E-state index contributed by atoms with van der Waals surface area (Å²) < 4.78 is 0. The van der Waals surface area contributed by atoms with Crippen molar-refractivity contribution in [3.8, 4) is 0 Å². The number of nitrogens with zero attached hydrogens (tertiary/aromatic N) is 1. The fourth-order valence-electron chi connectivity index (χ4n) is 2.32. The number of H-pyrrole nitrogens is 1. The lowest BCUT2D eigenvalue weighted by molar-refractivity contribution is -0.131. The molecule has 1 unspecified atom stereocenters. The van der Waals surface area contributed by atoms with E-state index in [0.717, 1.165) is 18.7 Å². The number of aromatic amines is 1. The molecule has 4 heteroatoms. The van der Waals surface area contributed by atoms with Crippen LogP contribution in [-0.4, -0.2) is 35.9 Å². The largest absolute Gasteiger partial charge is 0.367 e. The minimum absolute atomic E-state index is 0.250. The maximum Gasteiger partial charge on any atom is 0.222 e. The maximum atomic E-state index is 12.0. The Morgan fingerprint density at radius 3 is 3.12 bits per heavy atom. The van der Waals surface area contributed by atoms with E-state index in [9.17, 15) is 4.79 Å². The van der Waals surface area contributed by atoms with Crippen LogP contribution in [0.15, 0.2) is 18.5 Å². The molecule has 1 aliphatic heterocycles. The molecule has 1 atom stereocenters. The number of aromatic nitrogens is 1. The third-order valence-electron chi connectivity index (χ3n) is 3.37. The highest BCUT2D eigenvalue weighted by Gasteiger charge is 2.19. The van der Waals surface area contributed by atoms with Gasteiger partial charge in [-0.25, -0.2) is 0 Å². The van der Waals surface area contributed by atoms with Crippen LogP contribution in [0.2, 0.25) is 0 Å². The topological polar surface area (TPSA) is 48.1 Å². The van der Waals surface area contributed by atoms with Crippen molar-refractivity contribution in [3.05, 3.63) is 24.0 Å². The molecule has 1 amide bonds. The molecule has 1 fully saturated rings. The van der Waals surface area contributed by atoms with E-state index in [2.05, 4.69) is 10.3 Å². The number of hydrogen-bond donors (Lipinski definition) is 2. The predicted octanol–water partition coefficient (Wildman–Crippen LogP) is 1.36. The van der Waals surface area contributed by atoms with Gasteiger partial charge >= 0.3 is 0 Å². The fraction of sp³-hybridized carbons (Fsp3) is 0.615. The summed E-state index contributed by atoms with van der Waals surface area (Å²) in [6.45, 7) is 2.79. The van der Waals surface area contributed by atoms with Crippen LogP contribution in [-0.2, 0) is 11.3 Å². The molecular formula is C13H21N3O. The smallest absolute Gasteiger partial charge is 0.222 e. The molecule has 1 aliphatic rings. The molecule has 0 aliphatic carbocycles. The molecule has 1 aromatic heterocycles. The monoisotopic (exact) mass is 235 g/mol. The SMILES string of the molecule is CN(Cc1cc[nH]c1)C(=O)CC1CCCNC1. The Morgan fingerprint density at radius 2 is 2.47 bits per heavy atom. The summed E-state index contributed by atoms with van der Waals surface area (Å²) >= 11 is 0. The van der Waals surface area contributed by atoms with E-state index in [1.165, 1.54) is 12.8 Å². The van der Waals surface area contributed by atoms with Crippen molar-refractivity contribution in [2.24, 2.45) is 5.92 Å². The van der Waals surface area contributed by atoms with E-state index >= 15 is 0 Å². The van der Waals surface area contributed by atoms with Crippen molar-refractivity contribution in [2.45, 2.75) is 25.8 Å². The van der Waals surface area contributed by atoms with Crippen LogP contribution in [0.4, 0.5) is 0 Å². The first-order valence-electron chi connectivity index (χ1n) is 6.32. The van der Waals surface area contributed by atoms with Gasteiger partial charge in [-0.15, -0.1) is 0 Å². The van der Waals surface area contributed by atoms with Gasteiger partial charge in [0.25, 0.3) is 0 Å². The van der Waals surface area contributed by atoms with Crippen molar-refractivity contribution in [1.29, 1.82) is 0 Å². The molecule has 94 valence electrons. The Hall–Kier alpha value is -1.29. The summed E-state index contributed by atoms with van der Waals surface area (Å²) in [5.41, 5.74) is 1.16. The van der Waals surface area contributed by atoms with E-state index in [1.54, 1.807) is 0 Å². The van der Waals surface area contributed by atoms with Crippen LogP contribution < -0.4 is 5.32 Å². The summed E-state index contributed by atoms with van der Waals surface area (Å²) in [6.07, 6.45) is 6.87. The maximum absolute atomic E-state index is 12.0. The molecule has 0 radical (unpaired) electrons. The molecule has 0 spiro atoms. The van der Waals surface area contributed by atoms with Crippen molar-refractivity contribution >= 4 is 5.91 Å². The molecule has 2 rings (SSSR count). The summed E-state index contributed by atoms with van der Waals surface area (Å²) in [5.74, 6) is 0.768. The Labute approximate surface area is 102 Å². The lowest BCUT2D eigenvalue weighted by Crippen LogP contribution is -2.34. The van der Waals surface area contributed by atoms with Gasteiger partial charge in [0, 0.05) is 32.4 Å². The average Bonchev–Trinajstić information content (AvgIpc) is 2.83. The average molecular weight is 235 g/mol. The number of piperidine rings is 1. The summed E-state index contributed by atoms with van der Waals surface area (Å²) in [7, 11) is 1.88. The van der Waals surface area contributed by atoms with Gasteiger partial charge in [-0.05, 0) is 43.5 Å². The van der Waals surface area contributed by atoms with Gasteiger partial charge in [0.2, 0.25) is 5.91 Å². The minimum atomic E-state index is 0.250. The quantitative estimate of drug-likeness (QED) is 0.828. The Balaban J connectivity index is 1.78. The second-order valence-corrected chi connectivity index (χ2v) is 4.89. The van der Waals surface area contributed by atoms with Gasteiger partial charge in [-0.3, -0.25) is 4.79 Å². The highest BCUT2D eigenvalue weighted by molar-refractivity contribution is 5.76. The summed E-state index contributed by atoms with van der Waals surface area (Å²) in [5, 5.41) is 3.35. The second kappa shape index (κ2) is 5.87. The normalized spacial score (nSPS) is 20.2. The molecule has 1 aromatic rings. The van der Waals surface area contributed by atoms with Gasteiger partial charge in [0.15, 0.2) is 0 Å². The Bertz CT molecular complexity index is 342. The fourth-order valence-corrected chi connectivity index (χ4v) is 2.32. The summed E-state index contributed by atoms with van der Waals surface area (Å²) in [6, 6.07) is 2.01. The van der Waals surface area contributed by atoms with Gasteiger partial charge in [-0.1, -0.05) is 0 Å². The van der Waals surface area contributed by atoms with E-state index < -0.39 is 0 Å². The highest BCUT2D eigenvalue weighted by Crippen LogP contribution is 2.15. The molecular weight excluding hydrogens is 214 g/mol. The van der Waals surface area contributed by atoms with E-state index in [-0.39, 0.29) is 5.91 Å². The number of carbonyl (C=O) groups excluding carboxylic acids is 1. The van der Waals surface area contributed by atoms with Gasteiger partial charge in [0.1, 0.15) is 0 Å². The molecule has 0 saturated carbocycles. The minimum Gasteiger partial charge on any atom is -0.367 e. The molecule has 17 heavy (non-hydrogen) atoms. The second-order valence-electron chi connectivity index (χ2n) is 4.89. The van der Waals surface area contributed by atoms with Gasteiger partial charge in [0.05, 0.1) is 0 Å². The lowest BCUT2D eigenvalue weighted by atomic mass is 9.95. The van der Waals surface area contributed by atoms with Crippen molar-refractivity contribution in [1.82, 2.24) is 15.2 Å². The Morgan fingerprint density at radius 1 is 1.59 bits per heavy atom. The third kappa shape index (κ3) is 3.60. The molecule has 4 nitrogen and oxygen atoms in total. The number of hydrogen-bond acceptors (Lipinski definition) is 2. The van der Waals surface area contributed by atoms with Crippen LogP contribution in [0.5, 0.6) is 0 Å². The molecule has 0 bridgehead atoms. The van der Waals surface area contributed by atoms with Crippen LogP contribution >= 0.6 is 0 Å². The number of carbonyl (C=O) groups is 1. The van der Waals surface area contributed by atoms with E-state index in [4.69, 9.17) is 0 Å². The van der Waals surface area contributed by atoms with Crippen molar-refractivity contribution in [3.63, 3.8) is 0 Å². The van der Waals surface area contributed by atoms with Crippen LogP contribution in [0, 0.1) is 5.92 Å². The van der Waals surface area contributed by atoms with Crippen LogP contribution in [0.25, 0.3) is 0 Å². The van der Waals surface area contributed by atoms with Crippen LogP contribution in [0.3, 0.4) is 0 Å². The zero-order valence-electron chi connectivity index (χ0n) is 10.4. The van der Waals surface area contributed by atoms with Crippen LogP contribution in [0.1, 0.15) is 24.8 Å². The van der Waals surface area contributed by atoms with Gasteiger partial charge < -0.3 is 15.2 Å². The number of nitrogens with one attached hydrogen (secondary N) is 2. The first-order chi connectivity index (χ1) is 8.25. The number of rotatable bonds is 4. The standard InChI is InChI=1S/C13H21N3O/c1-16(10-12-4-6-15-9-12)13(17)7-11-3-2-5-14-8-11/h4,6,9,11,14-15H,2-3,5,7-8,10H2,1H3. The zero-order valence-corrected chi connectivity index (χ0v) is 10.4. The first-order valence-corrected chi connectivity index (χ1v) is 6.32. The lowest BCUT2D eigenvalue weighted by Gasteiger charge is -2.24. The zero-order chi connectivity index (χ0) is 12.1. The van der Waals surface area contributed by atoms with Crippen molar-refractivity contribution < 1.29 is 4.79 Å². The molecule has 1 saturated heterocycles. The summed E-state index contributed by atoms with van der Waals surface area (Å²) in [4.78, 5) is 16.9. The van der Waals surface area contributed by atoms with E-state index in [1.807, 2.05) is 30.4 Å². The predicted molar refractivity (Wildman–Crippen MR) is 67.5 cm³/mol. The van der Waals surface area contributed by atoms with E-state index in [0.29, 0.717) is 18.9 Å². The first kappa shape index (κ1) is 12.2. The highest BCUT2D eigenvalue weighted by atomic mass is 16.2. The van der Waals surface area contributed by atoms with Crippen molar-refractivity contribution in [2.75, 3.05) is 20.1 Å². The molecule has 2 N–H and O–H groups in total. The molecule has 2 heterocycles. The molecule has 0 aromatic carbocycles. The third-order valence-corrected chi connectivity index (χ3v) is 3.37. The van der Waals surface area contributed by atoms with Gasteiger partial charge in [-0.2, -0.15) is 0 Å². The Kier molecular flexibility index (Phi) is 4.20.